The molecule has 3 aliphatic rings. The van der Waals surface area contributed by atoms with E-state index in [1.54, 1.807) is 0 Å². The summed E-state index contributed by atoms with van der Waals surface area (Å²) < 4.78 is 6.35. The Balaban J connectivity index is 1.17. The van der Waals surface area contributed by atoms with Crippen molar-refractivity contribution in [2.45, 2.75) is 70.4 Å². The predicted molar refractivity (Wildman–Crippen MR) is 121 cm³/mol. The zero-order valence-corrected chi connectivity index (χ0v) is 18.3. The van der Waals surface area contributed by atoms with Gasteiger partial charge in [0, 0.05) is 24.7 Å². The first-order valence-electron chi connectivity index (χ1n) is 12.1. The first-order valence-corrected chi connectivity index (χ1v) is 12.1. The lowest BCUT2D eigenvalue weighted by molar-refractivity contribution is -0.141. The summed E-state index contributed by atoms with van der Waals surface area (Å²) in [5, 5.41) is 11.5. The molecule has 5 nitrogen and oxygen atoms in total. The van der Waals surface area contributed by atoms with Gasteiger partial charge < -0.3 is 9.84 Å². The highest BCUT2D eigenvalue weighted by atomic mass is 16.5. The van der Waals surface area contributed by atoms with Crippen LogP contribution in [0.1, 0.15) is 63.5 Å². The van der Waals surface area contributed by atoms with Crippen LogP contribution in [0.4, 0.5) is 0 Å². The van der Waals surface area contributed by atoms with Crippen molar-refractivity contribution in [3.8, 4) is 5.75 Å². The van der Waals surface area contributed by atoms with Gasteiger partial charge in [-0.1, -0.05) is 31.7 Å². The average molecular weight is 423 g/mol. The third-order valence-electron chi connectivity index (χ3n) is 7.85. The number of aromatic nitrogens is 1. The Bertz CT molecular complexity index is 916. The number of likely N-dealkylation sites (tertiary alicyclic amines) is 1. The summed E-state index contributed by atoms with van der Waals surface area (Å²) in [6.45, 7) is 2.15. The predicted octanol–water partition coefficient (Wildman–Crippen LogP) is 5.27. The monoisotopic (exact) mass is 422 g/mol. The number of rotatable bonds is 6. The van der Waals surface area contributed by atoms with Gasteiger partial charge in [-0.05, 0) is 74.1 Å². The summed E-state index contributed by atoms with van der Waals surface area (Å²) >= 11 is 0. The highest BCUT2D eigenvalue weighted by molar-refractivity contribution is 5.83. The van der Waals surface area contributed by atoms with Crippen LogP contribution in [0.5, 0.6) is 5.75 Å². The number of hydrogen-bond acceptors (Lipinski definition) is 4. The number of carboxylic acid groups (broad SMARTS) is 1. The minimum Gasteiger partial charge on any atom is -0.490 e. The van der Waals surface area contributed by atoms with Crippen LogP contribution in [0.3, 0.4) is 0 Å². The molecule has 2 heterocycles. The van der Waals surface area contributed by atoms with Crippen molar-refractivity contribution >= 4 is 16.7 Å². The summed E-state index contributed by atoms with van der Waals surface area (Å²) in [5.74, 6) is 1.94. The van der Waals surface area contributed by atoms with Crippen molar-refractivity contribution in [3.05, 3.63) is 36.2 Å². The topological polar surface area (TPSA) is 62.7 Å². The van der Waals surface area contributed by atoms with Crippen LogP contribution in [-0.2, 0) is 11.3 Å². The van der Waals surface area contributed by atoms with Crippen LogP contribution in [0.15, 0.2) is 30.5 Å². The third kappa shape index (κ3) is 4.87. The van der Waals surface area contributed by atoms with Crippen molar-refractivity contribution < 1.29 is 14.6 Å². The maximum absolute atomic E-state index is 11.2. The van der Waals surface area contributed by atoms with Crippen LogP contribution in [-0.4, -0.2) is 40.2 Å². The average Bonchev–Trinajstić information content (AvgIpc) is 3.47. The van der Waals surface area contributed by atoms with Gasteiger partial charge in [0.1, 0.15) is 5.75 Å². The molecule has 5 heteroatoms. The van der Waals surface area contributed by atoms with Crippen LogP contribution < -0.4 is 4.74 Å². The summed E-state index contributed by atoms with van der Waals surface area (Å²) in [6.07, 6.45) is 13.8. The van der Waals surface area contributed by atoms with Crippen molar-refractivity contribution in [1.29, 1.82) is 0 Å². The van der Waals surface area contributed by atoms with E-state index in [1.807, 2.05) is 6.20 Å². The van der Waals surface area contributed by atoms with Gasteiger partial charge in [0.25, 0.3) is 0 Å². The normalized spacial score (nSPS) is 27.7. The molecule has 0 spiro atoms. The second kappa shape index (κ2) is 9.15. The first kappa shape index (κ1) is 20.7. The minimum atomic E-state index is -0.687. The molecule has 1 atom stereocenters. The van der Waals surface area contributed by atoms with Crippen LogP contribution in [0.2, 0.25) is 0 Å². The van der Waals surface area contributed by atoms with E-state index < -0.39 is 5.97 Å². The quantitative estimate of drug-likeness (QED) is 0.687. The third-order valence-corrected chi connectivity index (χ3v) is 7.85. The molecule has 1 unspecified atom stereocenters. The summed E-state index contributed by atoms with van der Waals surface area (Å²) in [5.41, 5.74) is 0.998. The molecule has 1 aliphatic heterocycles. The fourth-order valence-corrected chi connectivity index (χ4v) is 6.03. The smallest absolute Gasteiger partial charge is 0.307 e. The molecule has 166 valence electrons. The van der Waals surface area contributed by atoms with Gasteiger partial charge in [-0.3, -0.25) is 14.7 Å². The Morgan fingerprint density at radius 3 is 2.52 bits per heavy atom. The van der Waals surface area contributed by atoms with E-state index in [4.69, 9.17) is 4.74 Å². The van der Waals surface area contributed by atoms with Crippen molar-refractivity contribution in [3.63, 3.8) is 0 Å². The summed E-state index contributed by atoms with van der Waals surface area (Å²) in [4.78, 5) is 18.0. The highest BCUT2D eigenvalue weighted by Crippen LogP contribution is 2.40. The Labute approximate surface area is 184 Å². The van der Waals surface area contributed by atoms with Crippen molar-refractivity contribution in [1.82, 2.24) is 9.88 Å². The molecule has 1 N–H and O–H groups in total. The molecule has 5 rings (SSSR count). The molecule has 1 saturated heterocycles. The van der Waals surface area contributed by atoms with Gasteiger partial charge in [0.2, 0.25) is 0 Å². The zero-order valence-electron chi connectivity index (χ0n) is 18.3. The van der Waals surface area contributed by atoms with E-state index >= 15 is 0 Å². The number of ether oxygens (including phenoxy) is 1. The number of fused-ring (bicyclic) bond motifs is 1. The zero-order chi connectivity index (χ0) is 21.2. The van der Waals surface area contributed by atoms with E-state index in [1.165, 1.54) is 51.4 Å². The molecule has 3 fully saturated rings. The second-order valence-corrected chi connectivity index (χ2v) is 9.94. The van der Waals surface area contributed by atoms with Gasteiger partial charge >= 0.3 is 5.97 Å². The number of aliphatic carboxylic acids is 1. The Morgan fingerprint density at radius 1 is 1.00 bits per heavy atom. The lowest BCUT2D eigenvalue weighted by Gasteiger charge is -2.32. The molecule has 2 aromatic rings. The maximum Gasteiger partial charge on any atom is 0.307 e. The van der Waals surface area contributed by atoms with Crippen molar-refractivity contribution in [2.75, 3.05) is 13.1 Å². The molecule has 1 aromatic carbocycles. The SMILES string of the molecule is O=C(O)C1CCN(Cc2cc3ccc(O[C@H]4CC[C@H](C5CCCC5)CC4)cc3cn2)C1. The number of hydrogen-bond donors (Lipinski definition) is 1. The van der Waals surface area contributed by atoms with Crippen LogP contribution in [0.25, 0.3) is 10.8 Å². The van der Waals surface area contributed by atoms with E-state index in [2.05, 4.69) is 34.1 Å². The fraction of sp³-hybridized carbons (Fsp3) is 0.615. The van der Waals surface area contributed by atoms with Gasteiger partial charge in [0.05, 0.1) is 17.7 Å². The molecule has 2 saturated carbocycles. The maximum atomic E-state index is 11.2. The molecular weight excluding hydrogens is 388 g/mol. The molecule has 1 aromatic heterocycles. The lowest BCUT2D eigenvalue weighted by Crippen LogP contribution is -2.27. The summed E-state index contributed by atoms with van der Waals surface area (Å²) in [7, 11) is 0. The number of carboxylic acids is 1. The van der Waals surface area contributed by atoms with Crippen LogP contribution in [0, 0.1) is 17.8 Å². The number of carbonyl (C=O) groups is 1. The lowest BCUT2D eigenvalue weighted by atomic mass is 9.78. The second-order valence-electron chi connectivity index (χ2n) is 9.94. The molecule has 0 bridgehead atoms. The first-order chi connectivity index (χ1) is 15.1. The summed E-state index contributed by atoms with van der Waals surface area (Å²) in [6, 6.07) is 8.46. The minimum absolute atomic E-state index is 0.242. The molecular formula is C26H34N2O3. The molecule has 0 radical (unpaired) electrons. The largest absolute Gasteiger partial charge is 0.490 e. The number of pyridine rings is 1. The van der Waals surface area contributed by atoms with Gasteiger partial charge in [-0.25, -0.2) is 0 Å². The number of nitrogens with zero attached hydrogens (tertiary/aromatic N) is 2. The Hall–Kier alpha value is -2.14. The number of benzene rings is 1. The van der Waals surface area contributed by atoms with E-state index in [9.17, 15) is 9.90 Å². The van der Waals surface area contributed by atoms with E-state index in [-0.39, 0.29) is 5.92 Å². The Kier molecular flexibility index (Phi) is 6.13. The molecule has 31 heavy (non-hydrogen) atoms. The standard InChI is InChI=1S/C26H34N2O3/c29-26(30)21-11-12-28(16-21)17-23-13-20-7-10-25(14-22(20)15-27-23)31-24-8-5-19(6-9-24)18-3-1-2-4-18/h7,10,13-15,18-19,21,24H,1-6,8-9,11-12,16-17H2,(H,29,30)/t19-,21?,24-. The molecule has 0 amide bonds. The highest BCUT2D eigenvalue weighted by Gasteiger charge is 2.30. The van der Waals surface area contributed by atoms with Gasteiger partial charge in [0.15, 0.2) is 0 Å². The van der Waals surface area contributed by atoms with Gasteiger partial charge in [-0.2, -0.15) is 0 Å². The Morgan fingerprint density at radius 2 is 1.77 bits per heavy atom. The van der Waals surface area contributed by atoms with Crippen LogP contribution >= 0.6 is 0 Å². The van der Waals surface area contributed by atoms with E-state index in [0.29, 0.717) is 19.2 Å². The van der Waals surface area contributed by atoms with E-state index in [0.717, 1.165) is 47.0 Å². The van der Waals surface area contributed by atoms with Crippen molar-refractivity contribution in [2.24, 2.45) is 17.8 Å². The molecule has 2 aliphatic carbocycles. The van der Waals surface area contributed by atoms with Gasteiger partial charge in [-0.15, -0.1) is 0 Å². The fourth-order valence-electron chi connectivity index (χ4n) is 6.03.